The van der Waals surface area contributed by atoms with Crippen LogP contribution in [0.25, 0.3) is 0 Å². The third-order valence-corrected chi connectivity index (χ3v) is 1.78. The minimum Gasteiger partial charge on any atom is -0.491 e. The van der Waals surface area contributed by atoms with E-state index in [1.165, 1.54) is 27.5 Å². The molecule has 4 nitrogen and oxygen atoms in total. The summed E-state index contributed by atoms with van der Waals surface area (Å²) in [5.74, 6) is 1.18. The molecule has 0 saturated carbocycles. The number of ether oxygens (including phenoxy) is 3. The predicted molar refractivity (Wildman–Crippen MR) is 48.9 cm³/mol. The second kappa shape index (κ2) is 4.18. The Hall–Kier alpha value is -1.16. The molecule has 0 bridgehead atoms. The highest BCUT2D eigenvalue weighted by Crippen LogP contribution is 2.39. The van der Waals surface area contributed by atoms with Gasteiger partial charge < -0.3 is 14.2 Å². The summed E-state index contributed by atoms with van der Waals surface area (Å²) in [5.41, 5.74) is 0. The Morgan fingerprint density at radius 3 is 2.15 bits per heavy atom. The van der Waals surface area contributed by atoms with Gasteiger partial charge in [-0.05, 0) is 0 Å². The van der Waals surface area contributed by atoms with Crippen LogP contribution in [-0.2, 0) is 0 Å². The molecule has 0 fully saturated rings. The molecule has 0 spiro atoms. The summed E-state index contributed by atoms with van der Waals surface area (Å²) in [6.07, 6.45) is 1.45. The third kappa shape index (κ3) is 1.78. The number of halogens is 1. The molecule has 0 saturated heterocycles. The molecule has 0 atom stereocenters. The molecule has 0 aliphatic heterocycles. The molecule has 72 valence electrons. The highest BCUT2D eigenvalue weighted by atomic mass is 35.5. The number of hydrogen-bond donors (Lipinski definition) is 0. The fraction of sp³-hybridized carbons (Fsp3) is 0.375. The van der Waals surface area contributed by atoms with Crippen molar-refractivity contribution < 1.29 is 14.2 Å². The quantitative estimate of drug-likeness (QED) is 0.751. The number of nitrogens with zero attached hydrogens (tertiary/aromatic N) is 1. The zero-order valence-electron chi connectivity index (χ0n) is 7.63. The van der Waals surface area contributed by atoms with Crippen molar-refractivity contribution in [1.29, 1.82) is 0 Å². The van der Waals surface area contributed by atoms with Crippen LogP contribution in [0.2, 0.25) is 5.02 Å². The molecule has 0 unspecified atom stereocenters. The molecular formula is C8H10ClNO3. The van der Waals surface area contributed by atoms with Gasteiger partial charge in [-0.2, -0.15) is 0 Å². The molecule has 0 aromatic carbocycles. The summed E-state index contributed by atoms with van der Waals surface area (Å²) in [4.78, 5) is 3.92. The molecule has 1 rings (SSSR count). The standard InChI is InChI=1S/C8H10ClNO3/c1-11-6-5(9)4-10-8(13-3)7(6)12-2/h4H,1-3H3. The first kappa shape index (κ1) is 9.92. The molecular weight excluding hydrogens is 194 g/mol. The summed E-state index contributed by atoms with van der Waals surface area (Å²) in [5, 5.41) is 0.389. The van der Waals surface area contributed by atoms with Crippen molar-refractivity contribution in [2.24, 2.45) is 0 Å². The number of aromatic nitrogens is 1. The molecule has 13 heavy (non-hydrogen) atoms. The Labute approximate surface area is 81.4 Å². The fourth-order valence-electron chi connectivity index (χ4n) is 0.954. The Morgan fingerprint density at radius 1 is 1.08 bits per heavy atom. The number of methoxy groups -OCH3 is 3. The number of hydrogen-bond acceptors (Lipinski definition) is 4. The Bertz CT molecular complexity index is 304. The summed E-state index contributed by atoms with van der Waals surface area (Å²) >= 11 is 5.81. The van der Waals surface area contributed by atoms with Crippen LogP contribution >= 0.6 is 11.6 Å². The lowest BCUT2D eigenvalue weighted by Gasteiger charge is -2.11. The summed E-state index contributed by atoms with van der Waals surface area (Å²) < 4.78 is 15.0. The van der Waals surface area contributed by atoms with Gasteiger partial charge in [-0.3, -0.25) is 0 Å². The van der Waals surface area contributed by atoms with Gasteiger partial charge in [0.15, 0.2) is 5.75 Å². The third-order valence-electron chi connectivity index (χ3n) is 1.51. The lowest BCUT2D eigenvalue weighted by molar-refractivity contribution is 0.316. The van der Waals surface area contributed by atoms with Crippen molar-refractivity contribution in [3.8, 4) is 17.4 Å². The van der Waals surface area contributed by atoms with E-state index in [4.69, 9.17) is 25.8 Å². The second-order valence-electron chi connectivity index (χ2n) is 2.18. The zero-order chi connectivity index (χ0) is 9.84. The van der Waals surface area contributed by atoms with E-state index in [1.807, 2.05) is 0 Å². The van der Waals surface area contributed by atoms with Crippen molar-refractivity contribution in [3.63, 3.8) is 0 Å². The van der Waals surface area contributed by atoms with Gasteiger partial charge in [-0.25, -0.2) is 4.98 Å². The summed E-state index contributed by atoms with van der Waals surface area (Å²) in [6, 6.07) is 0. The highest BCUT2D eigenvalue weighted by molar-refractivity contribution is 6.32. The normalized spacial score (nSPS) is 9.54. The van der Waals surface area contributed by atoms with Crippen LogP contribution < -0.4 is 14.2 Å². The Morgan fingerprint density at radius 2 is 1.69 bits per heavy atom. The van der Waals surface area contributed by atoms with E-state index in [0.29, 0.717) is 22.4 Å². The maximum atomic E-state index is 5.81. The van der Waals surface area contributed by atoms with Crippen molar-refractivity contribution in [1.82, 2.24) is 4.98 Å². The van der Waals surface area contributed by atoms with E-state index in [1.54, 1.807) is 0 Å². The van der Waals surface area contributed by atoms with Gasteiger partial charge in [0.05, 0.1) is 27.5 Å². The molecule has 5 heteroatoms. The van der Waals surface area contributed by atoms with E-state index in [0.717, 1.165) is 0 Å². The second-order valence-corrected chi connectivity index (χ2v) is 2.59. The number of rotatable bonds is 3. The first-order valence-corrected chi connectivity index (χ1v) is 3.92. The first-order chi connectivity index (χ1) is 6.24. The minimum absolute atomic E-state index is 0.351. The first-order valence-electron chi connectivity index (χ1n) is 3.55. The highest BCUT2D eigenvalue weighted by Gasteiger charge is 2.15. The van der Waals surface area contributed by atoms with Gasteiger partial charge in [0.25, 0.3) is 5.88 Å². The average Bonchev–Trinajstić information content (AvgIpc) is 2.17. The molecule has 0 aliphatic carbocycles. The van der Waals surface area contributed by atoms with Gasteiger partial charge in [0, 0.05) is 0 Å². The molecule has 0 radical (unpaired) electrons. The monoisotopic (exact) mass is 203 g/mol. The van der Waals surface area contributed by atoms with Crippen LogP contribution in [-0.4, -0.2) is 26.3 Å². The van der Waals surface area contributed by atoms with Gasteiger partial charge in [-0.1, -0.05) is 11.6 Å². The van der Waals surface area contributed by atoms with Crippen LogP contribution in [0.15, 0.2) is 6.20 Å². The van der Waals surface area contributed by atoms with Gasteiger partial charge in [0.1, 0.15) is 5.02 Å². The van der Waals surface area contributed by atoms with E-state index in [2.05, 4.69) is 4.98 Å². The fourth-order valence-corrected chi connectivity index (χ4v) is 1.17. The van der Waals surface area contributed by atoms with Crippen LogP contribution in [0.3, 0.4) is 0 Å². The SMILES string of the molecule is COc1ncc(Cl)c(OC)c1OC. The van der Waals surface area contributed by atoms with Crippen molar-refractivity contribution in [3.05, 3.63) is 11.2 Å². The lowest BCUT2D eigenvalue weighted by Crippen LogP contribution is -1.97. The van der Waals surface area contributed by atoms with Crippen LogP contribution in [0.4, 0.5) is 0 Å². The van der Waals surface area contributed by atoms with Gasteiger partial charge >= 0.3 is 0 Å². The Kier molecular flexibility index (Phi) is 3.19. The largest absolute Gasteiger partial charge is 0.491 e. The van der Waals surface area contributed by atoms with Crippen LogP contribution in [0.5, 0.6) is 17.4 Å². The molecule has 0 aliphatic rings. The van der Waals surface area contributed by atoms with Crippen LogP contribution in [0.1, 0.15) is 0 Å². The zero-order valence-corrected chi connectivity index (χ0v) is 8.38. The molecule has 1 aromatic rings. The maximum Gasteiger partial charge on any atom is 0.260 e. The van der Waals surface area contributed by atoms with E-state index < -0.39 is 0 Å². The van der Waals surface area contributed by atoms with Crippen LogP contribution in [0, 0.1) is 0 Å². The van der Waals surface area contributed by atoms with Gasteiger partial charge in [0.2, 0.25) is 5.75 Å². The lowest BCUT2D eigenvalue weighted by atomic mass is 10.4. The van der Waals surface area contributed by atoms with Crippen molar-refractivity contribution >= 4 is 11.6 Å². The summed E-state index contributed by atoms with van der Waals surface area (Å²) in [7, 11) is 4.50. The predicted octanol–water partition coefficient (Wildman–Crippen LogP) is 1.76. The molecule has 1 aromatic heterocycles. The smallest absolute Gasteiger partial charge is 0.260 e. The van der Waals surface area contributed by atoms with Crippen molar-refractivity contribution in [2.75, 3.05) is 21.3 Å². The summed E-state index contributed by atoms with van der Waals surface area (Å²) in [6.45, 7) is 0. The van der Waals surface area contributed by atoms with Crippen molar-refractivity contribution in [2.45, 2.75) is 0 Å². The van der Waals surface area contributed by atoms with E-state index in [-0.39, 0.29) is 0 Å². The van der Waals surface area contributed by atoms with E-state index >= 15 is 0 Å². The maximum absolute atomic E-state index is 5.81. The minimum atomic E-state index is 0.351. The van der Waals surface area contributed by atoms with Gasteiger partial charge in [-0.15, -0.1) is 0 Å². The molecule has 0 amide bonds. The molecule has 1 heterocycles. The Balaban J connectivity index is 3.27. The molecule has 0 N–H and O–H groups in total. The topological polar surface area (TPSA) is 40.6 Å². The number of pyridine rings is 1. The van der Waals surface area contributed by atoms with E-state index in [9.17, 15) is 0 Å². The average molecular weight is 204 g/mol.